The van der Waals surface area contributed by atoms with Gasteiger partial charge in [0.1, 0.15) is 11.5 Å². The normalized spacial score (nSPS) is 11.1. The molecule has 4 rings (SSSR count). The monoisotopic (exact) mass is 453 g/mol. The van der Waals surface area contributed by atoms with Gasteiger partial charge in [0.25, 0.3) is 5.56 Å². The first-order valence-electron chi connectivity index (χ1n) is 9.62. The number of aromatic nitrogens is 3. The second-order valence-electron chi connectivity index (χ2n) is 7.12. The second-order valence-corrected chi connectivity index (χ2v) is 8.52. The van der Waals surface area contributed by atoms with Gasteiger partial charge in [0.05, 0.1) is 17.3 Å². The van der Waals surface area contributed by atoms with Crippen LogP contribution in [0.25, 0.3) is 11.3 Å². The van der Waals surface area contributed by atoms with Crippen LogP contribution in [-0.2, 0) is 19.3 Å². The standard InChI is InChI=1S/C23H20ClN3O3S/c1-15-21(28)27(13-16-6-4-3-5-7-16)23(29)26(2)22(15)31-14-19-12-20(25-30-19)17-8-10-18(24)11-9-17/h3-12H,13-14H2,1-2H3. The molecule has 0 spiro atoms. The summed E-state index contributed by atoms with van der Waals surface area (Å²) in [5, 5.41) is 5.37. The van der Waals surface area contributed by atoms with Crippen molar-refractivity contribution in [3.05, 3.63) is 103 Å². The Morgan fingerprint density at radius 3 is 2.48 bits per heavy atom. The van der Waals surface area contributed by atoms with Gasteiger partial charge in [-0.3, -0.25) is 13.9 Å². The average molecular weight is 454 g/mol. The molecular weight excluding hydrogens is 434 g/mol. The van der Waals surface area contributed by atoms with E-state index in [4.69, 9.17) is 16.1 Å². The first-order chi connectivity index (χ1) is 14.9. The third-order valence-electron chi connectivity index (χ3n) is 4.94. The van der Waals surface area contributed by atoms with E-state index in [1.165, 1.54) is 20.9 Å². The van der Waals surface area contributed by atoms with Gasteiger partial charge in [-0.05, 0) is 24.6 Å². The van der Waals surface area contributed by atoms with E-state index in [0.717, 1.165) is 11.1 Å². The maximum atomic E-state index is 12.9. The van der Waals surface area contributed by atoms with E-state index >= 15 is 0 Å². The summed E-state index contributed by atoms with van der Waals surface area (Å²) >= 11 is 7.31. The number of benzene rings is 2. The number of thioether (sulfide) groups is 1. The van der Waals surface area contributed by atoms with Crippen LogP contribution in [0.3, 0.4) is 0 Å². The maximum absolute atomic E-state index is 12.9. The Morgan fingerprint density at radius 1 is 1.06 bits per heavy atom. The van der Waals surface area contributed by atoms with Crippen molar-refractivity contribution in [2.24, 2.45) is 7.05 Å². The molecule has 0 radical (unpaired) electrons. The summed E-state index contributed by atoms with van der Waals surface area (Å²) in [4.78, 5) is 25.7. The van der Waals surface area contributed by atoms with Crippen molar-refractivity contribution in [3.63, 3.8) is 0 Å². The minimum absolute atomic E-state index is 0.241. The van der Waals surface area contributed by atoms with E-state index in [1.807, 2.05) is 48.5 Å². The summed E-state index contributed by atoms with van der Waals surface area (Å²) in [5.41, 5.74) is 2.40. The molecule has 4 aromatic rings. The van der Waals surface area contributed by atoms with Crippen LogP contribution < -0.4 is 11.2 Å². The first-order valence-corrected chi connectivity index (χ1v) is 11.0. The molecule has 2 aromatic carbocycles. The molecule has 0 aliphatic heterocycles. The van der Waals surface area contributed by atoms with Gasteiger partial charge in [-0.15, -0.1) is 0 Å². The van der Waals surface area contributed by atoms with Gasteiger partial charge >= 0.3 is 5.69 Å². The van der Waals surface area contributed by atoms with Crippen LogP contribution >= 0.6 is 23.4 Å². The summed E-state index contributed by atoms with van der Waals surface area (Å²) in [5.74, 6) is 1.09. The number of nitrogens with zero attached hydrogens (tertiary/aromatic N) is 3. The van der Waals surface area contributed by atoms with Crippen molar-refractivity contribution in [1.82, 2.24) is 14.3 Å². The summed E-state index contributed by atoms with van der Waals surface area (Å²) in [6.07, 6.45) is 0. The maximum Gasteiger partial charge on any atom is 0.331 e. The highest BCUT2D eigenvalue weighted by Gasteiger charge is 2.16. The molecule has 0 saturated heterocycles. The summed E-state index contributed by atoms with van der Waals surface area (Å²) in [6.45, 7) is 1.98. The van der Waals surface area contributed by atoms with Gasteiger partial charge in [-0.1, -0.05) is 71.0 Å². The van der Waals surface area contributed by atoms with Crippen LogP contribution in [0.2, 0.25) is 5.02 Å². The van der Waals surface area contributed by atoms with Gasteiger partial charge in [-0.25, -0.2) is 4.79 Å². The Hall–Kier alpha value is -3.03. The smallest absolute Gasteiger partial charge is 0.331 e. The van der Waals surface area contributed by atoms with E-state index in [-0.39, 0.29) is 17.8 Å². The Morgan fingerprint density at radius 2 is 1.77 bits per heavy atom. The van der Waals surface area contributed by atoms with Gasteiger partial charge in [0.15, 0.2) is 0 Å². The van der Waals surface area contributed by atoms with Gasteiger partial charge < -0.3 is 4.52 Å². The van der Waals surface area contributed by atoms with E-state index in [0.29, 0.717) is 32.8 Å². The molecule has 2 heterocycles. The Balaban J connectivity index is 1.56. The zero-order valence-electron chi connectivity index (χ0n) is 17.0. The van der Waals surface area contributed by atoms with E-state index in [1.54, 1.807) is 26.1 Å². The molecule has 0 saturated carbocycles. The molecule has 158 valence electrons. The summed E-state index contributed by atoms with van der Waals surface area (Å²) in [6, 6.07) is 18.6. The predicted octanol–water partition coefficient (Wildman–Crippen LogP) is 4.50. The Kier molecular flexibility index (Phi) is 6.15. The van der Waals surface area contributed by atoms with Crippen molar-refractivity contribution < 1.29 is 4.52 Å². The fourth-order valence-electron chi connectivity index (χ4n) is 3.29. The molecule has 0 bridgehead atoms. The quantitative estimate of drug-likeness (QED) is 0.317. The van der Waals surface area contributed by atoms with Gasteiger partial charge in [0.2, 0.25) is 0 Å². The fraction of sp³-hybridized carbons (Fsp3) is 0.174. The lowest BCUT2D eigenvalue weighted by Crippen LogP contribution is -2.41. The van der Waals surface area contributed by atoms with Crippen LogP contribution in [0.5, 0.6) is 0 Å². The predicted molar refractivity (Wildman–Crippen MR) is 123 cm³/mol. The Labute approximate surface area is 188 Å². The number of hydrogen-bond acceptors (Lipinski definition) is 5. The first kappa shape index (κ1) is 21.2. The van der Waals surface area contributed by atoms with Crippen LogP contribution in [0.1, 0.15) is 16.9 Å². The van der Waals surface area contributed by atoms with Gasteiger partial charge in [-0.2, -0.15) is 0 Å². The van der Waals surface area contributed by atoms with Crippen molar-refractivity contribution >= 4 is 23.4 Å². The summed E-state index contributed by atoms with van der Waals surface area (Å²) < 4.78 is 8.22. The summed E-state index contributed by atoms with van der Waals surface area (Å²) in [7, 11) is 1.68. The minimum atomic E-state index is -0.346. The molecule has 0 unspecified atom stereocenters. The number of hydrogen-bond donors (Lipinski definition) is 0. The van der Waals surface area contributed by atoms with Crippen LogP contribution in [0.4, 0.5) is 0 Å². The number of rotatable bonds is 6. The molecule has 2 aromatic heterocycles. The van der Waals surface area contributed by atoms with E-state index in [9.17, 15) is 9.59 Å². The topological polar surface area (TPSA) is 70.0 Å². The van der Waals surface area contributed by atoms with Gasteiger partial charge in [0, 0.05) is 29.3 Å². The third kappa shape index (κ3) is 4.52. The molecule has 0 aliphatic rings. The molecule has 0 N–H and O–H groups in total. The molecule has 0 aliphatic carbocycles. The highest BCUT2D eigenvalue weighted by atomic mass is 35.5. The van der Waals surface area contributed by atoms with E-state index in [2.05, 4.69) is 5.16 Å². The van der Waals surface area contributed by atoms with Crippen LogP contribution in [0, 0.1) is 6.92 Å². The largest absolute Gasteiger partial charge is 0.360 e. The zero-order valence-corrected chi connectivity index (χ0v) is 18.6. The molecular formula is C23H20ClN3O3S. The van der Waals surface area contributed by atoms with Crippen molar-refractivity contribution in [2.75, 3.05) is 0 Å². The molecule has 0 atom stereocenters. The minimum Gasteiger partial charge on any atom is -0.360 e. The molecule has 6 nitrogen and oxygen atoms in total. The van der Waals surface area contributed by atoms with Crippen molar-refractivity contribution in [2.45, 2.75) is 24.2 Å². The van der Waals surface area contributed by atoms with Crippen molar-refractivity contribution in [3.8, 4) is 11.3 Å². The van der Waals surface area contributed by atoms with Crippen LogP contribution in [0.15, 0.2) is 79.8 Å². The lowest BCUT2D eigenvalue weighted by atomic mass is 10.1. The second kappa shape index (κ2) is 8.99. The van der Waals surface area contributed by atoms with Crippen molar-refractivity contribution in [1.29, 1.82) is 0 Å². The highest BCUT2D eigenvalue weighted by Crippen LogP contribution is 2.26. The third-order valence-corrected chi connectivity index (χ3v) is 6.48. The molecule has 0 amide bonds. The lowest BCUT2D eigenvalue weighted by Gasteiger charge is -2.14. The highest BCUT2D eigenvalue weighted by molar-refractivity contribution is 7.98. The molecule has 8 heteroatoms. The molecule has 31 heavy (non-hydrogen) atoms. The van der Waals surface area contributed by atoms with E-state index < -0.39 is 0 Å². The lowest BCUT2D eigenvalue weighted by molar-refractivity contribution is 0.397. The SMILES string of the molecule is Cc1c(SCc2cc(-c3ccc(Cl)cc3)no2)n(C)c(=O)n(Cc2ccccc2)c1=O. The van der Waals surface area contributed by atoms with Crippen LogP contribution in [-0.4, -0.2) is 14.3 Å². The fourth-order valence-corrected chi connectivity index (χ4v) is 4.40. The zero-order chi connectivity index (χ0) is 22.0. The Bertz CT molecular complexity index is 1290. The molecule has 0 fully saturated rings. The average Bonchev–Trinajstić information content (AvgIpc) is 3.25. The number of halogens is 1.